The fourth-order valence-corrected chi connectivity index (χ4v) is 2.90. The predicted octanol–water partition coefficient (Wildman–Crippen LogP) is 3.99. The highest BCUT2D eigenvalue weighted by Crippen LogP contribution is 2.33. The summed E-state index contributed by atoms with van der Waals surface area (Å²) < 4.78 is 6.26. The summed E-state index contributed by atoms with van der Waals surface area (Å²) in [6, 6.07) is 0. The molecule has 0 radical (unpaired) electrons. The van der Waals surface area contributed by atoms with E-state index in [1.807, 2.05) is 0 Å². The van der Waals surface area contributed by atoms with Gasteiger partial charge >= 0.3 is 0 Å². The second-order valence-electron chi connectivity index (χ2n) is 6.04. The van der Waals surface area contributed by atoms with Gasteiger partial charge in [0.05, 0.1) is 5.56 Å². The molecule has 1 saturated carbocycles. The third-order valence-corrected chi connectivity index (χ3v) is 4.06. The topological polar surface area (TPSA) is 47.0 Å². The van der Waals surface area contributed by atoms with Gasteiger partial charge in [0.15, 0.2) is 0 Å². The van der Waals surface area contributed by atoms with Crippen LogP contribution in [0.3, 0.4) is 0 Å². The second-order valence-corrected chi connectivity index (χ2v) is 6.04. The Morgan fingerprint density at radius 1 is 1.30 bits per heavy atom. The van der Waals surface area contributed by atoms with Crippen molar-refractivity contribution in [1.29, 1.82) is 0 Å². The van der Waals surface area contributed by atoms with Gasteiger partial charge in [-0.25, -0.2) is 9.97 Å². The minimum atomic E-state index is 0.297. The summed E-state index contributed by atoms with van der Waals surface area (Å²) in [5.41, 5.74) is 1.10. The predicted molar refractivity (Wildman–Crippen MR) is 82.3 cm³/mol. The molecule has 20 heavy (non-hydrogen) atoms. The van der Waals surface area contributed by atoms with Crippen molar-refractivity contribution >= 4 is 5.82 Å². The maximum Gasteiger partial charge on any atom is 0.222 e. The van der Waals surface area contributed by atoms with Crippen LogP contribution in [-0.2, 0) is 0 Å². The van der Waals surface area contributed by atoms with Crippen molar-refractivity contribution in [3.63, 3.8) is 0 Å². The van der Waals surface area contributed by atoms with Gasteiger partial charge in [0, 0.05) is 6.54 Å². The largest absolute Gasteiger partial charge is 0.474 e. The molecule has 1 aromatic heterocycles. The van der Waals surface area contributed by atoms with Crippen molar-refractivity contribution < 1.29 is 4.74 Å². The van der Waals surface area contributed by atoms with E-state index in [0.29, 0.717) is 17.9 Å². The van der Waals surface area contributed by atoms with Crippen LogP contribution in [0.1, 0.15) is 64.9 Å². The van der Waals surface area contributed by atoms with Gasteiger partial charge in [-0.2, -0.15) is 0 Å². The van der Waals surface area contributed by atoms with E-state index in [-0.39, 0.29) is 0 Å². The molecule has 2 atom stereocenters. The zero-order chi connectivity index (χ0) is 14.5. The Labute approximate surface area is 122 Å². The average molecular weight is 277 g/mol. The lowest BCUT2D eigenvalue weighted by atomic mass is 9.88. The molecule has 0 amide bonds. The number of hydrogen-bond acceptors (Lipinski definition) is 4. The molecule has 0 bridgehead atoms. The van der Waals surface area contributed by atoms with Gasteiger partial charge in [0.2, 0.25) is 5.88 Å². The van der Waals surface area contributed by atoms with Gasteiger partial charge in [0.25, 0.3) is 0 Å². The van der Waals surface area contributed by atoms with Crippen molar-refractivity contribution in [2.45, 2.75) is 65.4 Å². The van der Waals surface area contributed by atoms with Crippen molar-refractivity contribution in [2.24, 2.45) is 5.92 Å². The molecule has 1 aromatic rings. The summed E-state index contributed by atoms with van der Waals surface area (Å²) >= 11 is 0. The summed E-state index contributed by atoms with van der Waals surface area (Å²) in [6.45, 7) is 9.55. The normalized spacial score (nSPS) is 22.9. The summed E-state index contributed by atoms with van der Waals surface area (Å²) in [7, 11) is 0. The van der Waals surface area contributed by atoms with Gasteiger partial charge in [-0.15, -0.1) is 0 Å². The zero-order valence-electron chi connectivity index (χ0n) is 13.1. The Morgan fingerprint density at radius 3 is 2.70 bits per heavy atom. The monoisotopic (exact) mass is 277 g/mol. The van der Waals surface area contributed by atoms with Crippen LogP contribution >= 0.6 is 0 Å². The van der Waals surface area contributed by atoms with Gasteiger partial charge in [-0.1, -0.05) is 27.2 Å². The van der Waals surface area contributed by atoms with Gasteiger partial charge < -0.3 is 10.1 Å². The Kier molecular flexibility index (Phi) is 5.21. The average Bonchev–Trinajstić information content (AvgIpc) is 2.41. The molecule has 1 aliphatic rings. The Bertz CT molecular complexity index is 434. The molecule has 1 N–H and O–H groups in total. The van der Waals surface area contributed by atoms with E-state index < -0.39 is 0 Å². The van der Waals surface area contributed by atoms with Crippen LogP contribution in [-0.4, -0.2) is 22.6 Å². The third-order valence-electron chi connectivity index (χ3n) is 4.06. The van der Waals surface area contributed by atoms with Crippen molar-refractivity contribution in [2.75, 3.05) is 11.9 Å². The van der Waals surface area contributed by atoms with E-state index in [0.717, 1.165) is 30.2 Å². The minimum Gasteiger partial charge on any atom is -0.474 e. The molecule has 1 fully saturated rings. The van der Waals surface area contributed by atoms with Crippen LogP contribution in [0.2, 0.25) is 0 Å². The number of nitrogens with one attached hydrogen (secondary N) is 1. The van der Waals surface area contributed by atoms with Gasteiger partial charge in [-0.05, 0) is 38.0 Å². The Morgan fingerprint density at radius 2 is 2.05 bits per heavy atom. The lowest BCUT2D eigenvalue weighted by Gasteiger charge is -2.30. The van der Waals surface area contributed by atoms with Crippen LogP contribution in [0.25, 0.3) is 0 Å². The van der Waals surface area contributed by atoms with E-state index >= 15 is 0 Å². The van der Waals surface area contributed by atoms with Crippen LogP contribution in [0.15, 0.2) is 6.33 Å². The van der Waals surface area contributed by atoms with E-state index in [2.05, 4.69) is 43.0 Å². The number of ether oxygens (including phenoxy) is 1. The smallest absolute Gasteiger partial charge is 0.222 e. The molecule has 0 spiro atoms. The first kappa shape index (κ1) is 15.1. The quantitative estimate of drug-likeness (QED) is 0.884. The first-order valence-electron chi connectivity index (χ1n) is 7.88. The highest BCUT2D eigenvalue weighted by atomic mass is 16.5. The summed E-state index contributed by atoms with van der Waals surface area (Å²) in [5.74, 6) is 2.64. The maximum atomic E-state index is 6.26. The van der Waals surface area contributed by atoms with Crippen molar-refractivity contribution in [1.82, 2.24) is 9.97 Å². The summed E-state index contributed by atoms with van der Waals surface area (Å²) in [6.07, 6.45) is 6.88. The molecule has 2 rings (SSSR count). The molecule has 112 valence electrons. The van der Waals surface area contributed by atoms with Crippen molar-refractivity contribution in [3.8, 4) is 5.88 Å². The van der Waals surface area contributed by atoms with Crippen LogP contribution in [0, 0.1) is 5.92 Å². The van der Waals surface area contributed by atoms with Crippen LogP contribution < -0.4 is 10.1 Å². The molecular formula is C16H27N3O. The van der Waals surface area contributed by atoms with Crippen LogP contribution in [0.5, 0.6) is 5.88 Å². The molecule has 1 heterocycles. The second kappa shape index (κ2) is 6.91. The Balaban J connectivity index is 2.23. The van der Waals surface area contributed by atoms with Gasteiger partial charge in [0.1, 0.15) is 18.2 Å². The standard InChI is InChI=1S/C16H27N3O/c1-5-17-15-14(11(2)3)16(19-10-18-15)20-13-9-7-6-8-12(13)4/h10-13H,5-9H2,1-4H3,(H,17,18,19). The number of anilines is 1. The fourth-order valence-electron chi connectivity index (χ4n) is 2.90. The molecule has 1 aliphatic carbocycles. The molecule has 4 heteroatoms. The summed E-state index contributed by atoms with van der Waals surface area (Å²) in [5, 5.41) is 3.32. The maximum absolute atomic E-state index is 6.26. The molecule has 0 aliphatic heterocycles. The van der Waals surface area contributed by atoms with E-state index in [1.165, 1.54) is 19.3 Å². The van der Waals surface area contributed by atoms with Crippen LogP contribution in [0.4, 0.5) is 5.82 Å². The Hall–Kier alpha value is -1.32. The highest BCUT2D eigenvalue weighted by molar-refractivity contribution is 5.50. The molecular weight excluding hydrogens is 250 g/mol. The first-order valence-corrected chi connectivity index (χ1v) is 7.88. The van der Waals surface area contributed by atoms with Crippen molar-refractivity contribution in [3.05, 3.63) is 11.9 Å². The van der Waals surface area contributed by atoms with E-state index in [4.69, 9.17) is 4.74 Å². The highest BCUT2D eigenvalue weighted by Gasteiger charge is 2.25. The molecule has 2 unspecified atom stereocenters. The molecule has 4 nitrogen and oxygen atoms in total. The fraction of sp³-hybridized carbons (Fsp3) is 0.750. The summed E-state index contributed by atoms with van der Waals surface area (Å²) in [4.78, 5) is 8.76. The SMILES string of the molecule is CCNc1ncnc(OC2CCCCC2C)c1C(C)C. The zero-order valence-corrected chi connectivity index (χ0v) is 13.1. The lowest BCUT2D eigenvalue weighted by molar-refractivity contribution is 0.0960. The number of nitrogens with zero attached hydrogens (tertiary/aromatic N) is 2. The van der Waals surface area contributed by atoms with Gasteiger partial charge in [-0.3, -0.25) is 0 Å². The lowest BCUT2D eigenvalue weighted by Crippen LogP contribution is -2.29. The minimum absolute atomic E-state index is 0.297. The first-order chi connectivity index (χ1) is 9.63. The molecule has 0 saturated heterocycles. The number of rotatable bonds is 5. The number of aromatic nitrogens is 2. The molecule has 0 aromatic carbocycles. The third kappa shape index (κ3) is 3.41. The van der Waals surface area contributed by atoms with E-state index in [1.54, 1.807) is 6.33 Å². The van der Waals surface area contributed by atoms with E-state index in [9.17, 15) is 0 Å². The number of hydrogen-bond donors (Lipinski definition) is 1.